The number of ether oxygens (including phenoxy) is 1. The Hall–Kier alpha value is -2.92. The highest BCUT2D eigenvalue weighted by Gasteiger charge is 2.21. The lowest BCUT2D eigenvalue weighted by Crippen LogP contribution is -2.35. The molecule has 0 fully saturated rings. The Morgan fingerprint density at radius 1 is 1.07 bits per heavy atom. The first-order valence-electron chi connectivity index (χ1n) is 9.86. The zero-order valence-corrected chi connectivity index (χ0v) is 16.1. The number of fused-ring (bicyclic) bond motifs is 1. The van der Waals surface area contributed by atoms with Crippen molar-refractivity contribution in [2.45, 2.75) is 39.3 Å². The van der Waals surface area contributed by atoms with E-state index in [-0.39, 0.29) is 5.56 Å². The van der Waals surface area contributed by atoms with Gasteiger partial charge in [-0.2, -0.15) is 0 Å². The van der Waals surface area contributed by atoms with Crippen LogP contribution in [0.3, 0.4) is 0 Å². The van der Waals surface area contributed by atoms with Gasteiger partial charge in [0.05, 0.1) is 11.3 Å². The van der Waals surface area contributed by atoms with E-state index in [1.165, 1.54) is 5.56 Å². The third kappa shape index (κ3) is 4.31. The molecule has 1 aliphatic rings. The van der Waals surface area contributed by atoms with Crippen molar-refractivity contribution in [2.24, 2.45) is 0 Å². The van der Waals surface area contributed by atoms with Crippen molar-refractivity contribution in [1.82, 2.24) is 14.9 Å². The van der Waals surface area contributed by atoms with E-state index in [9.17, 15) is 4.79 Å². The second kappa shape index (κ2) is 8.40. The molecule has 2 aromatic carbocycles. The Kier molecular flexibility index (Phi) is 5.53. The molecule has 5 heteroatoms. The molecule has 0 saturated carbocycles. The number of aromatic nitrogens is 2. The summed E-state index contributed by atoms with van der Waals surface area (Å²) in [6.07, 6.45) is 2.63. The van der Waals surface area contributed by atoms with E-state index in [2.05, 4.69) is 33.9 Å². The number of H-pyrrole nitrogens is 1. The van der Waals surface area contributed by atoms with Crippen molar-refractivity contribution in [3.63, 3.8) is 0 Å². The van der Waals surface area contributed by atoms with Crippen LogP contribution in [0.5, 0.6) is 11.5 Å². The third-order valence-electron chi connectivity index (χ3n) is 4.99. The fourth-order valence-electron chi connectivity index (χ4n) is 3.57. The van der Waals surface area contributed by atoms with Gasteiger partial charge >= 0.3 is 0 Å². The Morgan fingerprint density at radius 2 is 1.82 bits per heavy atom. The minimum absolute atomic E-state index is 0.0183. The number of nitrogens with zero attached hydrogens (tertiary/aromatic N) is 2. The summed E-state index contributed by atoms with van der Waals surface area (Å²) in [7, 11) is 0. The third-order valence-corrected chi connectivity index (χ3v) is 4.99. The maximum absolute atomic E-state index is 12.4. The molecular weight excluding hydrogens is 350 g/mol. The molecule has 0 bridgehead atoms. The van der Waals surface area contributed by atoms with Gasteiger partial charge in [0, 0.05) is 32.5 Å². The predicted octanol–water partition coefficient (Wildman–Crippen LogP) is 4.07. The average molecular weight is 375 g/mol. The summed E-state index contributed by atoms with van der Waals surface area (Å²) in [5.41, 5.74) is 3.01. The molecule has 0 saturated heterocycles. The number of aryl methyl sites for hydroxylation is 1. The molecule has 0 aliphatic carbocycles. The first-order valence-corrected chi connectivity index (χ1v) is 9.86. The van der Waals surface area contributed by atoms with Crippen LogP contribution in [0.4, 0.5) is 0 Å². The number of hydrogen-bond acceptors (Lipinski definition) is 4. The van der Waals surface area contributed by atoms with Gasteiger partial charge in [-0.1, -0.05) is 37.3 Å². The van der Waals surface area contributed by atoms with Crippen molar-refractivity contribution in [1.29, 1.82) is 0 Å². The quantitative estimate of drug-likeness (QED) is 0.705. The highest BCUT2D eigenvalue weighted by Crippen LogP contribution is 2.22. The zero-order chi connectivity index (χ0) is 19.3. The maximum Gasteiger partial charge on any atom is 0.255 e. The van der Waals surface area contributed by atoms with Crippen LogP contribution in [0.1, 0.15) is 36.0 Å². The summed E-state index contributed by atoms with van der Waals surface area (Å²) in [6.45, 7) is 4.46. The summed E-state index contributed by atoms with van der Waals surface area (Å²) in [5.74, 6) is 2.47. The lowest BCUT2D eigenvalue weighted by atomic mass is 10.1. The van der Waals surface area contributed by atoms with Crippen molar-refractivity contribution in [2.75, 3.05) is 6.54 Å². The highest BCUT2D eigenvalue weighted by atomic mass is 16.5. The topological polar surface area (TPSA) is 58.2 Å². The standard InChI is InChI=1S/C23H25N3O2/c1-2-6-22-24-21-13-14-26(16-20(21)23(27)25-22)15-17-9-11-19(12-10-17)28-18-7-4-3-5-8-18/h3-5,7-12H,2,6,13-16H2,1H3,(H,24,25,27). The molecule has 28 heavy (non-hydrogen) atoms. The Labute approximate surface area is 165 Å². The first kappa shape index (κ1) is 18.4. The summed E-state index contributed by atoms with van der Waals surface area (Å²) >= 11 is 0. The molecule has 1 N–H and O–H groups in total. The molecule has 0 unspecified atom stereocenters. The monoisotopic (exact) mass is 375 g/mol. The molecule has 0 radical (unpaired) electrons. The fraction of sp³-hybridized carbons (Fsp3) is 0.304. The molecular formula is C23H25N3O2. The van der Waals surface area contributed by atoms with Gasteiger partial charge in [0.15, 0.2) is 0 Å². The van der Waals surface area contributed by atoms with Gasteiger partial charge in [-0.25, -0.2) is 4.98 Å². The number of para-hydroxylation sites is 1. The highest BCUT2D eigenvalue weighted by molar-refractivity contribution is 5.33. The summed E-state index contributed by atoms with van der Waals surface area (Å²) in [5, 5.41) is 0. The molecule has 4 rings (SSSR count). The SMILES string of the molecule is CCCc1nc2c(c(=O)[nH]1)CN(Cc1ccc(Oc3ccccc3)cc1)CC2. The van der Waals surface area contributed by atoms with Gasteiger partial charge in [0.25, 0.3) is 5.56 Å². The van der Waals surface area contributed by atoms with Crippen LogP contribution in [0, 0.1) is 0 Å². The van der Waals surface area contributed by atoms with Crippen LogP contribution in [0.2, 0.25) is 0 Å². The van der Waals surface area contributed by atoms with Gasteiger partial charge in [0.2, 0.25) is 0 Å². The number of aromatic amines is 1. The molecule has 0 atom stereocenters. The van der Waals surface area contributed by atoms with Crippen LogP contribution in [0.25, 0.3) is 0 Å². The maximum atomic E-state index is 12.4. The minimum Gasteiger partial charge on any atom is -0.457 e. The molecule has 1 aliphatic heterocycles. The van der Waals surface area contributed by atoms with Crippen molar-refractivity contribution < 1.29 is 4.74 Å². The Bertz CT molecular complexity index is 981. The first-order chi connectivity index (χ1) is 13.7. The molecule has 3 aromatic rings. The normalized spacial score (nSPS) is 13.9. The van der Waals surface area contributed by atoms with Crippen LogP contribution in [-0.2, 0) is 25.9 Å². The van der Waals surface area contributed by atoms with Crippen molar-refractivity contribution in [3.05, 3.63) is 87.6 Å². The Morgan fingerprint density at radius 3 is 2.57 bits per heavy atom. The summed E-state index contributed by atoms with van der Waals surface area (Å²) in [4.78, 5) is 22.3. The van der Waals surface area contributed by atoms with E-state index in [1.54, 1.807) is 0 Å². The molecule has 5 nitrogen and oxygen atoms in total. The van der Waals surface area contributed by atoms with Crippen LogP contribution in [-0.4, -0.2) is 21.4 Å². The minimum atomic E-state index is 0.0183. The van der Waals surface area contributed by atoms with Crippen molar-refractivity contribution >= 4 is 0 Å². The average Bonchev–Trinajstić information content (AvgIpc) is 2.71. The Balaban J connectivity index is 1.41. The van der Waals surface area contributed by atoms with Crippen LogP contribution >= 0.6 is 0 Å². The van der Waals surface area contributed by atoms with Gasteiger partial charge in [0.1, 0.15) is 17.3 Å². The summed E-state index contributed by atoms with van der Waals surface area (Å²) < 4.78 is 5.85. The predicted molar refractivity (Wildman–Crippen MR) is 110 cm³/mol. The number of nitrogens with one attached hydrogen (secondary N) is 1. The molecule has 0 amide bonds. The molecule has 144 valence electrons. The fourth-order valence-corrected chi connectivity index (χ4v) is 3.57. The zero-order valence-electron chi connectivity index (χ0n) is 16.1. The lowest BCUT2D eigenvalue weighted by molar-refractivity contribution is 0.241. The van der Waals surface area contributed by atoms with Gasteiger partial charge in [-0.3, -0.25) is 9.69 Å². The number of rotatable bonds is 6. The van der Waals surface area contributed by atoms with Crippen LogP contribution in [0.15, 0.2) is 59.4 Å². The molecule has 2 heterocycles. The van der Waals surface area contributed by atoms with E-state index in [0.717, 1.165) is 60.9 Å². The van der Waals surface area contributed by atoms with Crippen molar-refractivity contribution in [3.8, 4) is 11.5 Å². The van der Waals surface area contributed by atoms with E-state index < -0.39 is 0 Å². The second-order valence-electron chi connectivity index (χ2n) is 7.21. The molecule has 1 aromatic heterocycles. The number of hydrogen-bond donors (Lipinski definition) is 1. The molecule has 0 spiro atoms. The van der Waals surface area contributed by atoms with E-state index >= 15 is 0 Å². The number of benzene rings is 2. The van der Waals surface area contributed by atoms with E-state index in [1.807, 2.05) is 42.5 Å². The van der Waals surface area contributed by atoms with Gasteiger partial charge < -0.3 is 9.72 Å². The largest absolute Gasteiger partial charge is 0.457 e. The van der Waals surface area contributed by atoms with Crippen LogP contribution < -0.4 is 10.3 Å². The second-order valence-corrected chi connectivity index (χ2v) is 7.21. The smallest absolute Gasteiger partial charge is 0.255 e. The van der Waals surface area contributed by atoms with E-state index in [4.69, 9.17) is 4.74 Å². The lowest BCUT2D eigenvalue weighted by Gasteiger charge is -2.27. The summed E-state index contributed by atoms with van der Waals surface area (Å²) in [6, 6.07) is 17.9. The van der Waals surface area contributed by atoms with E-state index in [0.29, 0.717) is 6.54 Å². The van der Waals surface area contributed by atoms with Gasteiger partial charge in [-0.15, -0.1) is 0 Å². The van der Waals surface area contributed by atoms with Gasteiger partial charge in [-0.05, 0) is 36.2 Å².